The van der Waals surface area contributed by atoms with Crippen LogP contribution in [-0.2, 0) is 12.7 Å². The number of ketones is 1. The Morgan fingerprint density at radius 2 is 1.83 bits per heavy atom. The van der Waals surface area contributed by atoms with Crippen molar-refractivity contribution in [2.24, 2.45) is 0 Å². The van der Waals surface area contributed by atoms with Gasteiger partial charge in [0.25, 0.3) is 0 Å². The van der Waals surface area contributed by atoms with Crippen LogP contribution >= 0.6 is 0 Å². The molecule has 0 atom stereocenters. The molecule has 0 fully saturated rings. The second-order valence-electron chi connectivity index (χ2n) is 6.81. The van der Waals surface area contributed by atoms with Gasteiger partial charge in [0.2, 0.25) is 0 Å². The Bertz CT molecular complexity index is 1250. The molecule has 152 valence electrons. The second kappa shape index (κ2) is 7.25. The Hall–Kier alpha value is -3.75. The molecule has 0 amide bonds. The minimum absolute atomic E-state index is 0.0850. The van der Waals surface area contributed by atoms with E-state index >= 15 is 0 Å². The average molecular weight is 411 g/mol. The quantitative estimate of drug-likeness (QED) is 0.505. The van der Waals surface area contributed by atoms with Gasteiger partial charge in [0.1, 0.15) is 5.52 Å². The number of carbonyl (C=O) groups excluding carboxylic acids is 1. The lowest BCUT2D eigenvalue weighted by atomic mass is 10.1. The van der Waals surface area contributed by atoms with Crippen LogP contribution in [0.2, 0.25) is 0 Å². The van der Waals surface area contributed by atoms with Gasteiger partial charge in [-0.25, -0.2) is 15.0 Å². The fraction of sp³-hybridized carbons (Fsp3) is 0.143. The van der Waals surface area contributed by atoms with Crippen LogP contribution in [-0.4, -0.2) is 25.3 Å². The third-order valence-electron chi connectivity index (χ3n) is 4.65. The van der Waals surface area contributed by atoms with Crippen molar-refractivity contribution in [1.29, 1.82) is 0 Å². The molecule has 2 aromatic heterocycles. The highest BCUT2D eigenvalue weighted by Crippen LogP contribution is 2.29. The number of nitrogens with two attached hydrogens (primary N) is 1. The summed E-state index contributed by atoms with van der Waals surface area (Å²) in [5, 5.41) is 0. The monoisotopic (exact) mass is 411 g/mol. The van der Waals surface area contributed by atoms with Gasteiger partial charge in [-0.15, -0.1) is 0 Å². The fourth-order valence-corrected chi connectivity index (χ4v) is 3.08. The standard InChI is InChI=1S/C21H16F3N5O/c1-12(30)14-3-2-4-15(9-14)19-27-18(25)17-20(28-19)29(11-26-17)10-13-5-7-16(8-6-13)21(22,23)24/h2-9,11H,10H2,1H3,(H2,25,27,28). The van der Waals surface area contributed by atoms with Crippen LogP contribution in [0.25, 0.3) is 22.6 Å². The van der Waals surface area contributed by atoms with Crippen LogP contribution in [0.4, 0.5) is 19.0 Å². The lowest BCUT2D eigenvalue weighted by molar-refractivity contribution is -0.137. The Labute approximate surface area is 169 Å². The van der Waals surface area contributed by atoms with Gasteiger partial charge in [-0.1, -0.05) is 30.3 Å². The first-order chi connectivity index (χ1) is 14.2. The Morgan fingerprint density at radius 3 is 2.50 bits per heavy atom. The van der Waals surface area contributed by atoms with E-state index in [0.717, 1.165) is 12.1 Å². The van der Waals surface area contributed by atoms with Crippen molar-refractivity contribution in [3.05, 3.63) is 71.5 Å². The Kier molecular flexibility index (Phi) is 4.73. The number of carbonyl (C=O) groups is 1. The molecule has 0 saturated heterocycles. The number of nitrogen functional groups attached to an aromatic ring is 1. The number of rotatable bonds is 4. The van der Waals surface area contributed by atoms with Crippen molar-refractivity contribution in [3.8, 4) is 11.4 Å². The molecule has 4 rings (SSSR count). The molecule has 0 saturated carbocycles. The summed E-state index contributed by atoms with van der Waals surface area (Å²) >= 11 is 0. The molecule has 0 aliphatic carbocycles. The maximum absolute atomic E-state index is 12.8. The summed E-state index contributed by atoms with van der Waals surface area (Å²) in [6.07, 6.45) is -2.87. The molecule has 2 N–H and O–H groups in total. The van der Waals surface area contributed by atoms with Crippen LogP contribution in [0.15, 0.2) is 54.9 Å². The zero-order chi connectivity index (χ0) is 21.5. The van der Waals surface area contributed by atoms with Crippen molar-refractivity contribution < 1.29 is 18.0 Å². The van der Waals surface area contributed by atoms with Crippen LogP contribution in [0.5, 0.6) is 0 Å². The highest BCUT2D eigenvalue weighted by Gasteiger charge is 2.29. The molecule has 0 aliphatic rings. The summed E-state index contributed by atoms with van der Waals surface area (Å²) in [6.45, 7) is 1.73. The number of nitrogens with zero attached hydrogens (tertiary/aromatic N) is 4. The van der Waals surface area contributed by atoms with Crippen LogP contribution in [0, 0.1) is 0 Å². The lowest BCUT2D eigenvalue weighted by Gasteiger charge is -2.09. The van der Waals surface area contributed by atoms with Crippen LogP contribution in [0.1, 0.15) is 28.4 Å². The molecule has 0 bridgehead atoms. The van der Waals surface area contributed by atoms with Gasteiger partial charge in [-0.2, -0.15) is 13.2 Å². The first-order valence-electron chi connectivity index (χ1n) is 8.98. The molecule has 9 heteroatoms. The zero-order valence-corrected chi connectivity index (χ0v) is 15.8. The summed E-state index contributed by atoms with van der Waals surface area (Å²) in [4.78, 5) is 24.7. The normalized spacial score (nSPS) is 11.7. The SMILES string of the molecule is CC(=O)c1cccc(-c2nc(N)c3ncn(Cc4ccc(C(F)(F)F)cc4)c3n2)c1. The van der Waals surface area contributed by atoms with Crippen molar-refractivity contribution in [2.45, 2.75) is 19.6 Å². The summed E-state index contributed by atoms with van der Waals surface area (Å²) in [5.41, 5.74) is 7.98. The van der Waals surface area contributed by atoms with E-state index in [1.54, 1.807) is 28.8 Å². The smallest absolute Gasteiger partial charge is 0.382 e. The lowest BCUT2D eigenvalue weighted by Crippen LogP contribution is -2.06. The molecular formula is C21H16F3N5O. The Balaban J connectivity index is 1.72. The largest absolute Gasteiger partial charge is 0.416 e. The number of imidazole rings is 1. The molecule has 0 radical (unpaired) electrons. The van der Waals surface area contributed by atoms with Gasteiger partial charge >= 0.3 is 6.18 Å². The highest BCUT2D eigenvalue weighted by atomic mass is 19.4. The first kappa shape index (κ1) is 19.6. The van der Waals surface area contributed by atoms with E-state index in [1.807, 2.05) is 0 Å². The predicted molar refractivity (Wildman–Crippen MR) is 106 cm³/mol. The van der Waals surface area contributed by atoms with Crippen LogP contribution < -0.4 is 5.73 Å². The number of aromatic nitrogens is 4. The van der Waals surface area contributed by atoms with Gasteiger partial charge < -0.3 is 10.3 Å². The van der Waals surface area contributed by atoms with Gasteiger partial charge in [0.15, 0.2) is 23.1 Å². The van der Waals surface area contributed by atoms with E-state index < -0.39 is 11.7 Å². The minimum Gasteiger partial charge on any atom is -0.382 e. The van der Waals surface area contributed by atoms with Crippen molar-refractivity contribution >= 4 is 22.8 Å². The Morgan fingerprint density at radius 1 is 1.10 bits per heavy atom. The van der Waals surface area contributed by atoms with E-state index in [1.165, 1.54) is 25.4 Å². The van der Waals surface area contributed by atoms with E-state index in [9.17, 15) is 18.0 Å². The molecule has 2 heterocycles. The van der Waals surface area contributed by atoms with Gasteiger partial charge in [-0.3, -0.25) is 4.79 Å². The summed E-state index contributed by atoms with van der Waals surface area (Å²) in [5.74, 6) is 0.421. The predicted octanol–water partition coefficient (Wildman–Crippen LogP) is 4.35. The van der Waals surface area contributed by atoms with E-state index in [2.05, 4.69) is 15.0 Å². The average Bonchev–Trinajstić information content (AvgIpc) is 3.11. The molecule has 30 heavy (non-hydrogen) atoms. The molecule has 4 aromatic rings. The summed E-state index contributed by atoms with van der Waals surface area (Å²) < 4.78 is 40.0. The van der Waals surface area contributed by atoms with Gasteiger partial charge in [0, 0.05) is 11.1 Å². The second-order valence-corrected chi connectivity index (χ2v) is 6.81. The number of anilines is 1. The van der Waals surface area contributed by atoms with Crippen molar-refractivity contribution in [2.75, 3.05) is 5.73 Å². The molecule has 0 aliphatic heterocycles. The van der Waals surface area contributed by atoms with Gasteiger partial charge in [0.05, 0.1) is 18.4 Å². The number of halogens is 3. The van der Waals surface area contributed by atoms with Crippen LogP contribution in [0.3, 0.4) is 0 Å². The minimum atomic E-state index is -4.38. The third-order valence-corrected chi connectivity index (χ3v) is 4.65. The van der Waals surface area contributed by atoms with E-state index in [4.69, 9.17) is 5.73 Å². The zero-order valence-electron chi connectivity index (χ0n) is 15.8. The van der Waals surface area contributed by atoms with Gasteiger partial charge in [-0.05, 0) is 30.7 Å². The maximum atomic E-state index is 12.8. The first-order valence-corrected chi connectivity index (χ1v) is 8.98. The number of hydrogen-bond acceptors (Lipinski definition) is 5. The fourth-order valence-electron chi connectivity index (χ4n) is 3.08. The van der Waals surface area contributed by atoms with Crippen molar-refractivity contribution in [3.63, 3.8) is 0 Å². The number of Topliss-reactive ketones (excluding diaryl/α,β-unsaturated/α-hetero) is 1. The summed E-state index contributed by atoms with van der Waals surface area (Å²) in [6, 6.07) is 11.8. The van der Waals surface area contributed by atoms with Crippen molar-refractivity contribution in [1.82, 2.24) is 19.5 Å². The maximum Gasteiger partial charge on any atom is 0.416 e. The van der Waals surface area contributed by atoms with E-state index in [-0.39, 0.29) is 18.1 Å². The number of fused-ring (bicyclic) bond motifs is 1. The number of benzene rings is 2. The molecule has 0 unspecified atom stereocenters. The molecular weight excluding hydrogens is 395 g/mol. The van der Waals surface area contributed by atoms with E-state index in [0.29, 0.717) is 33.7 Å². The molecule has 6 nitrogen and oxygen atoms in total. The topological polar surface area (TPSA) is 86.7 Å². The molecule has 0 spiro atoms. The molecule has 2 aromatic carbocycles. The highest BCUT2D eigenvalue weighted by molar-refractivity contribution is 5.95. The summed E-state index contributed by atoms with van der Waals surface area (Å²) in [7, 11) is 0. The number of hydrogen-bond donors (Lipinski definition) is 1. The third kappa shape index (κ3) is 3.73. The number of alkyl halides is 3.